The van der Waals surface area contributed by atoms with Crippen molar-refractivity contribution < 1.29 is 15.0 Å². The maximum absolute atomic E-state index is 12.1. The molecule has 0 fully saturated rings. The summed E-state index contributed by atoms with van der Waals surface area (Å²) in [5.41, 5.74) is 1.14. The molecule has 5 heteroatoms. The van der Waals surface area contributed by atoms with Gasteiger partial charge in [0.25, 0.3) is 5.91 Å². The molecule has 0 aliphatic rings. The first-order valence-corrected chi connectivity index (χ1v) is 7.10. The number of nitrogens with one attached hydrogen (secondary N) is 1. The third kappa shape index (κ3) is 2.93. The number of amides is 1. The van der Waals surface area contributed by atoms with E-state index < -0.39 is 5.91 Å². The minimum atomic E-state index is -0.408. The molecule has 1 amide bonds. The summed E-state index contributed by atoms with van der Waals surface area (Å²) in [4.78, 5) is 14.5. The second-order valence-corrected chi connectivity index (χ2v) is 6.23. The van der Waals surface area contributed by atoms with Gasteiger partial charge in [-0.2, -0.15) is 0 Å². The molecule has 0 saturated heterocycles. The number of phenolic OH excluding ortho intramolecular Hbond substituents is 2. The molecule has 106 valence electrons. The average Bonchev–Trinajstić information content (AvgIpc) is 2.71. The summed E-state index contributed by atoms with van der Waals surface area (Å²) >= 11 is 1.69. The van der Waals surface area contributed by atoms with E-state index in [1.165, 1.54) is 23.1 Å². The Hall–Kier alpha value is -2.01. The van der Waals surface area contributed by atoms with Crippen molar-refractivity contribution in [3.8, 4) is 11.5 Å². The zero-order chi connectivity index (χ0) is 14.9. The summed E-state index contributed by atoms with van der Waals surface area (Å²) in [6.45, 7) is 5.94. The summed E-state index contributed by atoms with van der Waals surface area (Å²) < 4.78 is 0. The summed E-state index contributed by atoms with van der Waals surface area (Å²) in [6.07, 6.45) is 0. The van der Waals surface area contributed by atoms with E-state index >= 15 is 0 Å². The van der Waals surface area contributed by atoms with Gasteiger partial charge in [-0.05, 0) is 50.6 Å². The van der Waals surface area contributed by atoms with Crippen LogP contribution in [0.2, 0.25) is 0 Å². The number of carbonyl (C=O) groups excluding carboxylic acids is 1. The van der Waals surface area contributed by atoms with Gasteiger partial charge in [-0.1, -0.05) is 0 Å². The quantitative estimate of drug-likeness (QED) is 0.760. The molecule has 20 heavy (non-hydrogen) atoms. The van der Waals surface area contributed by atoms with Crippen LogP contribution in [0.1, 0.15) is 38.6 Å². The SMILES string of the molecule is Cc1cc(C(C)NC(=O)c2cc(O)ccc2O)c(C)s1. The summed E-state index contributed by atoms with van der Waals surface area (Å²) in [7, 11) is 0. The molecule has 1 atom stereocenters. The van der Waals surface area contributed by atoms with E-state index in [9.17, 15) is 15.0 Å². The molecule has 3 N–H and O–H groups in total. The van der Waals surface area contributed by atoms with Gasteiger partial charge in [-0.3, -0.25) is 4.79 Å². The summed E-state index contributed by atoms with van der Waals surface area (Å²) in [5.74, 6) is -0.608. The van der Waals surface area contributed by atoms with Crippen LogP contribution >= 0.6 is 11.3 Å². The van der Waals surface area contributed by atoms with Gasteiger partial charge in [-0.25, -0.2) is 0 Å². The molecule has 4 nitrogen and oxygen atoms in total. The van der Waals surface area contributed by atoms with Gasteiger partial charge in [0.2, 0.25) is 0 Å². The second-order valence-electron chi connectivity index (χ2n) is 4.77. The van der Waals surface area contributed by atoms with E-state index in [-0.39, 0.29) is 23.1 Å². The van der Waals surface area contributed by atoms with Crippen molar-refractivity contribution in [3.63, 3.8) is 0 Å². The molecule has 0 bridgehead atoms. The fourth-order valence-corrected chi connectivity index (χ4v) is 3.16. The average molecular weight is 291 g/mol. The van der Waals surface area contributed by atoms with E-state index in [2.05, 4.69) is 5.32 Å². The number of thiophene rings is 1. The third-order valence-corrected chi connectivity index (χ3v) is 4.10. The Morgan fingerprint density at radius 1 is 1.25 bits per heavy atom. The molecule has 0 spiro atoms. The monoisotopic (exact) mass is 291 g/mol. The summed E-state index contributed by atoms with van der Waals surface area (Å²) in [5, 5.41) is 21.9. The number of benzene rings is 1. The predicted molar refractivity (Wildman–Crippen MR) is 79.4 cm³/mol. The van der Waals surface area contributed by atoms with Crippen molar-refractivity contribution in [2.24, 2.45) is 0 Å². The number of aromatic hydroxyl groups is 2. The number of aryl methyl sites for hydroxylation is 2. The molecular weight excluding hydrogens is 274 g/mol. The molecule has 2 rings (SSSR count). The molecule has 2 aromatic rings. The fourth-order valence-electron chi connectivity index (χ4n) is 2.14. The Kier molecular flexibility index (Phi) is 3.99. The molecule has 1 heterocycles. The molecule has 0 radical (unpaired) electrons. The maximum Gasteiger partial charge on any atom is 0.255 e. The van der Waals surface area contributed by atoms with Crippen molar-refractivity contribution in [1.82, 2.24) is 5.32 Å². The van der Waals surface area contributed by atoms with Crippen LogP contribution in [0.15, 0.2) is 24.3 Å². The van der Waals surface area contributed by atoms with Crippen LogP contribution in [0.4, 0.5) is 0 Å². The maximum atomic E-state index is 12.1. The van der Waals surface area contributed by atoms with Gasteiger partial charge in [-0.15, -0.1) is 11.3 Å². The van der Waals surface area contributed by atoms with Gasteiger partial charge in [0.1, 0.15) is 11.5 Å². The molecule has 0 aliphatic heterocycles. The molecule has 1 aromatic heterocycles. The molecule has 0 saturated carbocycles. The van der Waals surface area contributed by atoms with Crippen LogP contribution in [0.3, 0.4) is 0 Å². The van der Waals surface area contributed by atoms with E-state index in [1.54, 1.807) is 11.3 Å². The van der Waals surface area contributed by atoms with Crippen LogP contribution in [0.5, 0.6) is 11.5 Å². The number of phenols is 2. The van der Waals surface area contributed by atoms with Crippen molar-refractivity contribution in [3.05, 3.63) is 45.1 Å². The predicted octanol–water partition coefficient (Wildman–Crippen LogP) is 3.27. The Balaban J connectivity index is 2.19. The minimum absolute atomic E-state index is 0.0526. The Labute approximate surface area is 121 Å². The number of hydrogen-bond acceptors (Lipinski definition) is 4. The number of hydrogen-bond donors (Lipinski definition) is 3. The van der Waals surface area contributed by atoms with Gasteiger partial charge in [0.15, 0.2) is 0 Å². The van der Waals surface area contributed by atoms with Gasteiger partial charge in [0.05, 0.1) is 11.6 Å². The Morgan fingerprint density at radius 3 is 2.55 bits per heavy atom. The third-order valence-electron chi connectivity index (χ3n) is 3.12. The number of rotatable bonds is 3. The topological polar surface area (TPSA) is 69.6 Å². The zero-order valence-electron chi connectivity index (χ0n) is 11.6. The molecule has 1 unspecified atom stereocenters. The minimum Gasteiger partial charge on any atom is -0.508 e. The Morgan fingerprint density at radius 2 is 1.95 bits per heavy atom. The van der Waals surface area contributed by atoms with Crippen molar-refractivity contribution in [2.45, 2.75) is 26.8 Å². The highest BCUT2D eigenvalue weighted by Gasteiger charge is 2.17. The van der Waals surface area contributed by atoms with Crippen LogP contribution < -0.4 is 5.32 Å². The summed E-state index contributed by atoms with van der Waals surface area (Å²) in [6, 6.07) is 5.78. The van der Waals surface area contributed by atoms with Crippen molar-refractivity contribution >= 4 is 17.2 Å². The lowest BCUT2D eigenvalue weighted by Crippen LogP contribution is -2.26. The van der Waals surface area contributed by atoms with Gasteiger partial charge < -0.3 is 15.5 Å². The molecule has 0 aliphatic carbocycles. The van der Waals surface area contributed by atoms with Gasteiger partial charge >= 0.3 is 0 Å². The van der Waals surface area contributed by atoms with E-state index in [1.807, 2.05) is 26.8 Å². The smallest absolute Gasteiger partial charge is 0.255 e. The fraction of sp³-hybridized carbons (Fsp3) is 0.267. The van der Waals surface area contributed by atoms with Crippen LogP contribution in [0, 0.1) is 13.8 Å². The lowest BCUT2D eigenvalue weighted by Gasteiger charge is -2.14. The highest BCUT2D eigenvalue weighted by atomic mass is 32.1. The normalized spacial score (nSPS) is 12.2. The Bertz CT molecular complexity index is 649. The van der Waals surface area contributed by atoms with Gasteiger partial charge in [0, 0.05) is 9.75 Å². The first-order valence-electron chi connectivity index (χ1n) is 6.28. The number of carbonyl (C=O) groups is 1. The standard InChI is InChI=1S/C15H17NO3S/c1-8-6-12(10(3)20-8)9(2)16-15(19)13-7-11(17)4-5-14(13)18/h4-7,9,17-18H,1-3H3,(H,16,19). The zero-order valence-corrected chi connectivity index (χ0v) is 12.4. The van der Waals surface area contributed by atoms with E-state index in [0.717, 1.165) is 10.4 Å². The molecular formula is C15H17NO3S. The van der Waals surface area contributed by atoms with E-state index in [4.69, 9.17) is 0 Å². The highest BCUT2D eigenvalue weighted by molar-refractivity contribution is 7.12. The highest BCUT2D eigenvalue weighted by Crippen LogP contribution is 2.27. The van der Waals surface area contributed by atoms with Crippen LogP contribution in [-0.2, 0) is 0 Å². The van der Waals surface area contributed by atoms with E-state index in [0.29, 0.717) is 0 Å². The first-order chi connectivity index (χ1) is 9.38. The van der Waals surface area contributed by atoms with Crippen LogP contribution in [0.25, 0.3) is 0 Å². The van der Waals surface area contributed by atoms with Crippen LogP contribution in [-0.4, -0.2) is 16.1 Å². The van der Waals surface area contributed by atoms with Crippen molar-refractivity contribution in [1.29, 1.82) is 0 Å². The second kappa shape index (κ2) is 5.54. The largest absolute Gasteiger partial charge is 0.508 e. The lowest BCUT2D eigenvalue weighted by molar-refractivity contribution is 0.0937. The van der Waals surface area contributed by atoms with Crippen molar-refractivity contribution in [2.75, 3.05) is 0 Å². The first kappa shape index (κ1) is 14.4. The lowest BCUT2D eigenvalue weighted by atomic mass is 10.1. The molecule has 1 aromatic carbocycles.